The van der Waals surface area contributed by atoms with Crippen molar-refractivity contribution in [3.05, 3.63) is 12.7 Å². The van der Waals surface area contributed by atoms with E-state index in [0.29, 0.717) is 5.54 Å². The molecule has 0 rings (SSSR count). The van der Waals surface area contributed by atoms with Crippen molar-refractivity contribution >= 4 is 9.28 Å². The van der Waals surface area contributed by atoms with Crippen molar-refractivity contribution in [3.63, 3.8) is 0 Å². The monoisotopic (exact) mass is 258 g/mol. The fourth-order valence-corrected chi connectivity index (χ4v) is 3.60. The number of hydrogen-bond acceptors (Lipinski definition) is 2. The molecule has 0 saturated carbocycles. The summed E-state index contributed by atoms with van der Waals surface area (Å²) >= 11 is 0. The summed E-state index contributed by atoms with van der Waals surface area (Å²) in [5.74, 6) is 0. The zero-order chi connectivity index (χ0) is 12.9. The van der Waals surface area contributed by atoms with Gasteiger partial charge in [0.25, 0.3) is 0 Å². The van der Waals surface area contributed by atoms with Gasteiger partial charge in [0.2, 0.25) is 0 Å². The second-order valence-corrected chi connectivity index (χ2v) is 7.20. The molecule has 0 radical (unpaired) electrons. The van der Waals surface area contributed by atoms with Gasteiger partial charge in [-0.2, -0.15) is 0 Å². The lowest BCUT2D eigenvalue weighted by Crippen LogP contribution is -2.28. The van der Waals surface area contributed by atoms with E-state index in [1.165, 1.54) is 12.8 Å². The quantitative estimate of drug-likeness (QED) is 0.297. The van der Waals surface area contributed by atoms with Crippen LogP contribution in [0.25, 0.3) is 0 Å². The molecule has 2 nitrogen and oxygen atoms in total. The standard InChI is InChI=1S/C14H30O2Si/c1-5-8-11-14(4)17(15-12-9-6-2)16-13-10-7-3/h5,14,17H,1,6-13H2,2-4H3. The molecule has 0 aromatic heterocycles. The molecular weight excluding hydrogens is 228 g/mol. The lowest BCUT2D eigenvalue weighted by molar-refractivity contribution is 0.183. The number of unbranched alkanes of at least 4 members (excludes halogenated alkanes) is 2. The summed E-state index contributed by atoms with van der Waals surface area (Å²) in [5.41, 5.74) is 0.585. The van der Waals surface area contributed by atoms with E-state index in [4.69, 9.17) is 8.85 Å². The zero-order valence-electron chi connectivity index (χ0n) is 11.9. The lowest BCUT2D eigenvalue weighted by Gasteiger charge is -2.22. The van der Waals surface area contributed by atoms with Crippen LogP contribution in [0.5, 0.6) is 0 Å². The Hall–Kier alpha value is -0.123. The molecule has 0 N–H and O–H groups in total. The Morgan fingerprint density at radius 1 is 1.12 bits per heavy atom. The SMILES string of the molecule is C=CCCC(C)[SiH](OCCCC)OCCCC. The summed E-state index contributed by atoms with van der Waals surface area (Å²) in [4.78, 5) is 0. The Kier molecular flexibility index (Phi) is 12.2. The molecule has 0 aromatic carbocycles. The Balaban J connectivity index is 3.93. The third kappa shape index (κ3) is 9.57. The van der Waals surface area contributed by atoms with Crippen molar-refractivity contribution in [3.8, 4) is 0 Å². The van der Waals surface area contributed by atoms with Crippen LogP contribution in [-0.2, 0) is 8.85 Å². The van der Waals surface area contributed by atoms with Crippen LogP contribution in [0.2, 0.25) is 5.54 Å². The molecule has 0 aliphatic heterocycles. The third-order valence-electron chi connectivity index (χ3n) is 2.85. The predicted molar refractivity (Wildman–Crippen MR) is 77.7 cm³/mol. The summed E-state index contributed by atoms with van der Waals surface area (Å²) in [7, 11) is -1.47. The largest absolute Gasteiger partial charge is 0.396 e. The van der Waals surface area contributed by atoms with Gasteiger partial charge in [0.1, 0.15) is 0 Å². The molecule has 1 atom stereocenters. The van der Waals surface area contributed by atoms with Crippen molar-refractivity contribution in [1.82, 2.24) is 0 Å². The van der Waals surface area contributed by atoms with Crippen LogP contribution < -0.4 is 0 Å². The van der Waals surface area contributed by atoms with Crippen LogP contribution in [0.4, 0.5) is 0 Å². The smallest absolute Gasteiger partial charge is 0.324 e. The van der Waals surface area contributed by atoms with Crippen LogP contribution in [0.1, 0.15) is 59.3 Å². The highest BCUT2D eigenvalue weighted by Crippen LogP contribution is 2.19. The summed E-state index contributed by atoms with van der Waals surface area (Å²) in [5, 5.41) is 0. The minimum absolute atomic E-state index is 0.585. The van der Waals surface area contributed by atoms with Crippen LogP contribution in [0.3, 0.4) is 0 Å². The maximum atomic E-state index is 5.97. The fourth-order valence-electron chi connectivity index (χ4n) is 1.58. The van der Waals surface area contributed by atoms with Crippen LogP contribution in [0.15, 0.2) is 12.7 Å². The van der Waals surface area contributed by atoms with Crippen LogP contribution in [0, 0.1) is 0 Å². The summed E-state index contributed by atoms with van der Waals surface area (Å²) in [6.07, 6.45) is 8.88. The average molecular weight is 258 g/mol. The van der Waals surface area contributed by atoms with E-state index in [0.717, 1.165) is 38.9 Å². The molecule has 1 unspecified atom stereocenters. The lowest BCUT2D eigenvalue weighted by atomic mass is 10.2. The van der Waals surface area contributed by atoms with Crippen molar-refractivity contribution < 1.29 is 8.85 Å². The number of hydrogen-bond donors (Lipinski definition) is 0. The van der Waals surface area contributed by atoms with Crippen molar-refractivity contribution in [1.29, 1.82) is 0 Å². The molecule has 0 aliphatic carbocycles. The Bertz CT molecular complexity index is 164. The van der Waals surface area contributed by atoms with Gasteiger partial charge in [-0.05, 0) is 31.2 Å². The number of rotatable bonds is 12. The van der Waals surface area contributed by atoms with Crippen molar-refractivity contribution in [2.75, 3.05) is 13.2 Å². The van der Waals surface area contributed by atoms with Crippen molar-refractivity contribution in [2.24, 2.45) is 0 Å². The highest BCUT2D eigenvalue weighted by atomic mass is 28.3. The molecule has 102 valence electrons. The third-order valence-corrected chi connectivity index (χ3v) is 5.24. The predicted octanol–water partition coefficient (Wildman–Crippen LogP) is 4.20. The molecule has 0 spiro atoms. The van der Waals surface area contributed by atoms with Gasteiger partial charge in [0.15, 0.2) is 0 Å². The topological polar surface area (TPSA) is 18.5 Å². The molecule has 0 aromatic rings. The van der Waals surface area contributed by atoms with Gasteiger partial charge >= 0.3 is 9.28 Å². The van der Waals surface area contributed by atoms with E-state index in [1.54, 1.807) is 0 Å². The Morgan fingerprint density at radius 2 is 1.65 bits per heavy atom. The van der Waals surface area contributed by atoms with Gasteiger partial charge in [-0.15, -0.1) is 6.58 Å². The van der Waals surface area contributed by atoms with Crippen LogP contribution in [-0.4, -0.2) is 22.5 Å². The molecule has 0 amide bonds. The minimum Gasteiger partial charge on any atom is -0.396 e. The molecule has 0 heterocycles. The molecule has 0 bridgehead atoms. The fraction of sp³-hybridized carbons (Fsp3) is 0.857. The maximum Gasteiger partial charge on any atom is 0.324 e. The first-order valence-electron chi connectivity index (χ1n) is 7.10. The summed E-state index contributed by atoms with van der Waals surface area (Å²) in [6, 6.07) is 0. The first-order chi connectivity index (χ1) is 8.26. The molecule has 0 saturated heterocycles. The summed E-state index contributed by atoms with van der Waals surface area (Å²) < 4.78 is 11.9. The van der Waals surface area contributed by atoms with Gasteiger partial charge in [-0.1, -0.05) is 39.7 Å². The van der Waals surface area contributed by atoms with Gasteiger partial charge in [0, 0.05) is 13.2 Å². The van der Waals surface area contributed by atoms with Gasteiger partial charge < -0.3 is 8.85 Å². The zero-order valence-corrected chi connectivity index (χ0v) is 13.1. The normalized spacial score (nSPS) is 12.9. The van der Waals surface area contributed by atoms with E-state index >= 15 is 0 Å². The van der Waals surface area contributed by atoms with E-state index in [-0.39, 0.29) is 0 Å². The first-order valence-corrected chi connectivity index (χ1v) is 8.71. The van der Waals surface area contributed by atoms with E-state index in [2.05, 4.69) is 27.4 Å². The second-order valence-electron chi connectivity index (χ2n) is 4.66. The first kappa shape index (κ1) is 16.9. The molecule has 17 heavy (non-hydrogen) atoms. The minimum atomic E-state index is -1.47. The Morgan fingerprint density at radius 3 is 2.06 bits per heavy atom. The molecule has 0 aliphatic rings. The van der Waals surface area contributed by atoms with E-state index in [1.807, 2.05) is 6.08 Å². The molecule has 3 heteroatoms. The van der Waals surface area contributed by atoms with E-state index in [9.17, 15) is 0 Å². The van der Waals surface area contributed by atoms with Crippen LogP contribution >= 0.6 is 0 Å². The van der Waals surface area contributed by atoms with Gasteiger partial charge in [-0.25, -0.2) is 0 Å². The molecule has 0 fully saturated rings. The average Bonchev–Trinajstić information content (AvgIpc) is 2.34. The maximum absolute atomic E-state index is 5.97. The second kappa shape index (κ2) is 12.3. The van der Waals surface area contributed by atoms with Gasteiger partial charge in [0.05, 0.1) is 0 Å². The van der Waals surface area contributed by atoms with Crippen molar-refractivity contribution in [2.45, 2.75) is 64.8 Å². The Labute approximate surface area is 109 Å². The number of allylic oxidation sites excluding steroid dienone is 1. The van der Waals surface area contributed by atoms with Gasteiger partial charge in [-0.3, -0.25) is 0 Å². The highest BCUT2D eigenvalue weighted by Gasteiger charge is 2.21. The highest BCUT2D eigenvalue weighted by molar-refractivity contribution is 6.46. The molecular formula is C14H30O2Si. The van der Waals surface area contributed by atoms with E-state index < -0.39 is 9.28 Å². The summed E-state index contributed by atoms with van der Waals surface area (Å²) in [6.45, 7) is 12.2.